The Morgan fingerprint density at radius 1 is 0.524 bits per heavy atom. The van der Waals surface area contributed by atoms with E-state index in [4.69, 9.17) is 50.4 Å². The van der Waals surface area contributed by atoms with Gasteiger partial charge in [0.1, 0.15) is 11.1 Å². The second-order valence-electron chi connectivity index (χ2n) is 10.6. The maximum absolute atomic E-state index is 12.8. The van der Waals surface area contributed by atoms with Gasteiger partial charge in [0.25, 0.3) is 0 Å². The topological polar surface area (TPSA) is 223 Å². The van der Waals surface area contributed by atoms with Crippen molar-refractivity contribution in [2.45, 2.75) is 70.4 Å². The molecule has 0 aromatic carbocycles. The van der Waals surface area contributed by atoms with Gasteiger partial charge in [0.05, 0.1) is 39.6 Å². The van der Waals surface area contributed by atoms with E-state index >= 15 is 0 Å². The van der Waals surface area contributed by atoms with E-state index in [1.807, 2.05) is 0 Å². The molecule has 4 amide bonds. The van der Waals surface area contributed by atoms with Crippen molar-refractivity contribution in [3.8, 4) is 0 Å². The first-order chi connectivity index (χ1) is 19.9. The van der Waals surface area contributed by atoms with Crippen molar-refractivity contribution in [2.24, 2.45) is 17.2 Å². The normalized spacial score (nSPS) is 11.8. The molecule has 0 saturated heterocycles. The molecule has 0 saturated carbocycles. The van der Waals surface area contributed by atoms with Gasteiger partial charge in [-0.05, 0) is 40.0 Å². The van der Waals surface area contributed by atoms with Crippen molar-refractivity contribution < 1.29 is 52.3 Å². The highest BCUT2D eigenvalue weighted by Crippen LogP contribution is 2.14. The highest BCUT2D eigenvalue weighted by atomic mass is 16.6. The molecule has 15 nitrogen and oxygen atoms in total. The van der Waals surface area contributed by atoms with Crippen LogP contribution in [0.1, 0.15) is 59.3 Å². The number of primary amides is 3. The highest BCUT2D eigenvalue weighted by molar-refractivity contribution is 5.74. The van der Waals surface area contributed by atoms with E-state index in [0.29, 0.717) is 58.9 Å². The summed E-state index contributed by atoms with van der Waals surface area (Å²) < 4.78 is 39.2. The Morgan fingerprint density at radius 2 is 0.833 bits per heavy atom. The molecule has 0 aliphatic heterocycles. The van der Waals surface area contributed by atoms with Crippen LogP contribution >= 0.6 is 0 Å². The largest absolute Gasteiger partial charge is 0.444 e. The van der Waals surface area contributed by atoms with E-state index in [2.05, 4.69) is 5.32 Å². The van der Waals surface area contributed by atoms with Crippen LogP contribution < -0.4 is 22.5 Å². The van der Waals surface area contributed by atoms with Gasteiger partial charge in [-0.3, -0.25) is 14.4 Å². The first kappa shape index (κ1) is 39.4. The zero-order chi connectivity index (χ0) is 31.7. The first-order valence-corrected chi connectivity index (χ1v) is 14.2. The van der Waals surface area contributed by atoms with Crippen LogP contribution in [0.2, 0.25) is 0 Å². The van der Waals surface area contributed by atoms with Gasteiger partial charge >= 0.3 is 6.09 Å². The molecular weight excluding hydrogens is 556 g/mol. The maximum Gasteiger partial charge on any atom is 0.408 e. The zero-order valence-corrected chi connectivity index (χ0v) is 25.5. The van der Waals surface area contributed by atoms with Gasteiger partial charge in [-0.1, -0.05) is 0 Å². The number of carbonyl (C=O) groups excluding carboxylic acids is 4. The molecule has 0 aliphatic carbocycles. The van der Waals surface area contributed by atoms with E-state index in [1.54, 1.807) is 20.8 Å². The van der Waals surface area contributed by atoms with Crippen molar-refractivity contribution >= 4 is 23.8 Å². The van der Waals surface area contributed by atoms with Gasteiger partial charge in [-0.25, -0.2) is 4.79 Å². The first-order valence-electron chi connectivity index (χ1n) is 14.2. The summed E-state index contributed by atoms with van der Waals surface area (Å²) in [7, 11) is 0. The molecular formula is C27H52N4O11. The molecule has 0 aliphatic rings. The quantitative estimate of drug-likeness (QED) is 0.0875. The minimum Gasteiger partial charge on any atom is -0.444 e. The van der Waals surface area contributed by atoms with E-state index in [-0.39, 0.29) is 58.9 Å². The Balaban J connectivity index is 5.07. The lowest BCUT2D eigenvalue weighted by Crippen LogP contribution is -2.59. The number of nitrogens with one attached hydrogen (secondary N) is 1. The second-order valence-corrected chi connectivity index (χ2v) is 10.6. The van der Waals surface area contributed by atoms with E-state index in [0.717, 1.165) is 0 Å². The van der Waals surface area contributed by atoms with Crippen molar-refractivity contribution in [2.75, 3.05) is 79.3 Å². The molecule has 0 rings (SSSR count). The van der Waals surface area contributed by atoms with E-state index in [9.17, 15) is 19.2 Å². The van der Waals surface area contributed by atoms with Gasteiger partial charge in [0.2, 0.25) is 17.7 Å². The van der Waals surface area contributed by atoms with Gasteiger partial charge in [-0.15, -0.1) is 0 Å². The van der Waals surface area contributed by atoms with Gasteiger partial charge in [-0.2, -0.15) is 0 Å². The third-order valence-corrected chi connectivity index (χ3v) is 5.11. The van der Waals surface area contributed by atoms with Crippen molar-refractivity contribution in [1.82, 2.24) is 5.32 Å². The van der Waals surface area contributed by atoms with Crippen LogP contribution in [0.15, 0.2) is 0 Å². The minimum atomic E-state index is -1.09. The predicted molar refractivity (Wildman–Crippen MR) is 152 cm³/mol. The lowest BCUT2D eigenvalue weighted by atomic mass is 10.0. The zero-order valence-electron chi connectivity index (χ0n) is 25.5. The summed E-state index contributed by atoms with van der Waals surface area (Å²) >= 11 is 0. The van der Waals surface area contributed by atoms with Crippen molar-refractivity contribution in [3.05, 3.63) is 0 Å². The minimum absolute atomic E-state index is 0.0533. The highest BCUT2D eigenvalue weighted by Gasteiger charge is 2.35. The number of rotatable bonds is 28. The molecule has 0 unspecified atom stereocenters. The number of nitrogens with two attached hydrogens (primary N) is 3. The van der Waals surface area contributed by atoms with Crippen LogP contribution in [0.5, 0.6) is 0 Å². The molecule has 0 heterocycles. The second kappa shape index (κ2) is 23.9. The van der Waals surface area contributed by atoms with E-state index < -0.39 is 35.0 Å². The average molecular weight is 609 g/mol. The molecule has 0 radical (unpaired) electrons. The fourth-order valence-electron chi connectivity index (χ4n) is 3.17. The van der Waals surface area contributed by atoms with Crippen LogP contribution in [-0.2, 0) is 47.5 Å². The Morgan fingerprint density at radius 3 is 1.12 bits per heavy atom. The van der Waals surface area contributed by atoms with Crippen LogP contribution in [0.25, 0.3) is 0 Å². The summed E-state index contributed by atoms with van der Waals surface area (Å²) in [6.07, 6.45) is 1.43. The molecule has 42 heavy (non-hydrogen) atoms. The number of hydrogen-bond acceptors (Lipinski definition) is 11. The summed E-state index contributed by atoms with van der Waals surface area (Å²) in [5.41, 5.74) is 13.5. The Bertz CT molecular complexity index is 689. The number of carbonyl (C=O) groups is 4. The number of hydrogen-bond donors (Lipinski definition) is 4. The SMILES string of the molecule is CC(C)(C)OC(=O)NC(COCCCOCCC(N)=O)(COCCCOCCC(N)=O)COCCCOCCC(N)=O. The van der Waals surface area contributed by atoms with Gasteiger partial charge in [0, 0.05) is 58.9 Å². The lowest BCUT2D eigenvalue weighted by molar-refractivity contribution is -0.120. The summed E-state index contributed by atoms with van der Waals surface area (Å²) in [6, 6.07) is 0. The summed E-state index contributed by atoms with van der Waals surface area (Å²) in [4.78, 5) is 45.2. The lowest BCUT2D eigenvalue weighted by Gasteiger charge is -2.35. The number of alkyl carbamates (subject to hydrolysis) is 1. The molecule has 7 N–H and O–H groups in total. The standard InChI is InChI=1S/C27H52N4O11/c1-26(2,3)42-25(35)31-27(19-39-13-4-10-36-16-7-22(28)32,20-40-14-5-11-37-17-8-23(29)33)21-41-15-6-12-38-18-9-24(30)34/h4-21H2,1-3H3,(H2,28,32)(H2,29,33)(H2,30,34)(H,31,35). The molecule has 0 aromatic heterocycles. The van der Waals surface area contributed by atoms with Crippen LogP contribution in [0.3, 0.4) is 0 Å². The molecule has 15 heteroatoms. The Hall–Kier alpha value is -2.56. The monoisotopic (exact) mass is 608 g/mol. The maximum atomic E-state index is 12.8. The number of amides is 4. The molecule has 246 valence electrons. The fraction of sp³-hybridized carbons (Fsp3) is 0.852. The van der Waals surface area contributed by atoms with Gasteiger partial charge in [0.15, 0.2) is 0 Å². The Labute approximate surface area is 248 Å². The predicted octanol–water partition coefficient (Wildman–Crippen LogP) is 0.146. The van der Waals surface area contributed by atoms with Crippen LogP contribution in [0, 0.1) is 0 Å². The molecule has 0 atom stereocenters. The Kier molecular flexibility index (Phi) is 22.5. The van der Waals surface area contributed by atoms with Crippen molar-refractivity contribution in [3.63, 3.8) is 0 Å². The molecule has 0 aromatic rings. The third-order valence-electron chi connectivity index (χ3n) is 5.11. The van der Waals surface area contributed by atoms with Crippen LogP contribution in [0.4, 0.5) is 4.79 Å². The average Bonchev–Trinajstić information content (AvgIpc) is 2.87. The number of ether oxygens (including phenoxy) is 7. The van der Waals surface area contributed by atoms with Crippen molar-refractivity contribution in [1.29, 1.82) is 0 Å². The fourth-order valence-corrected chi connectivity index (χ4v) is 3.17. The molecule has 0 bridgehead atoms. The summed E-state index contributed by atoms with van der Waals surface area (Å²) in [6.45, 7) is 8.20. The summed E-state index contributed by atoms with van der Waals surface area (Å²) in [5, 5.41) is 2.87. The third kappa shape index (κ3) is 26.3. The van der Waals surface area contributed by atoms with E-state index in [1.165, 1.54) is 0 Å². The molecule has 0 fully saturated rings. The smallest absolute Gasteiger partial charge is 0.408 e. The molecule has 0 spiro atoms. The summed E-state index contributed by atoms with van der Waals surface area (Å²) in [5.74, 6) is -1.30. The van der Waals surface area contributed by atoms with Crippen LogP contribution in [-0.4, -0.2) is 114 Å². The van der Waals surface area contributed by atoms with Gasteiger partial charge < -0.3 is 55.7 Å².